The number of halogens is 1. The van der Waals surface area contributed by atoms with E-state index in [4.69, 9.17) is 4.74 Å². The lowest BCUT2D eigenvalue weighted by molar-refractivity contribution is 0.232. The predicted octanol–water partition coefficient (Wildman–Crippen LogP) is 4.48. The Kier molecular flexibility index (Phi) is 5.96. The summed E-state index contributed by atoms with van der Waals surface area (Å²) < 4.78 is 6.80. The maximum absolute atomic E-state index is 5.72. The lowest BCUT2D eigenvalue weighted by Crippen LogP contribution is -2.24. The van der Waals surface area contributed by atoms with E-state index in [0.29, 0.717) is 6.61 Å². The Labute approximate surface area is 154 Å². The molecule has 0 atom stereocenters. The zero-order valence-corrected chi connectivity index (χ0v) is 15.8. The molecule has 0 saturated heterocycles. The first kappa shape index (κ1) is 17.1. The fourth-order valence-electron chi connectivity index (χ4n) is 2.22. The summed E-state index contributed by atoms with van der Waals surface area (Å²) in [6.07, 6.45) is 3.79. The van der Waals surface area contributed by atoms with Crippen LogP contribution in [0.2, 0.25) is 0 Å². The average Bonchev–Trinajstić information content (AvgIpc) is 3.03. The van der Waals surface area contributed by atoms with Gasteiger partial charge in [-0.25, -0.2) is 9.97 Å². The van der Waals surface area contributed by atoms with Crippen LogP contribution < -0.4 is 4.74 Å². The van der Waals surface area contributed by atoms with Crippen molar-refractivity contribution in [3.05, 3.63) is 64.2 Å². The Morgan fingerprint density at radius 1 is 1.08 bits per heavy atom. The molecule has 24 heavy (non-hydrogen) atoms. The number of likely N-dealkylation sites (N-methyl/N-ethyl adjacent to an activating group) is 1. The highest BCUT2D eigenvalue weighted by molar-refractivity contribution is 9.11. The molecule has 2 aromatic heterocycles. The maximum atomic E-state index is 5.72. The van der Waals surface area contributed by atoms with E-state index in [-0.39, 0.29) is 0 Å². The summed E-state index contributed by atoms with van der Waals surface area (Å²) in [5, 5.41) is 0. The van der Waals surface area contributed by atoms with E-state index in [1.54, 1.807) is 11.3 Å². The predicted molar refractivity (Wildman–Crippen MR) is 101 cm³/mol. The van der Waals surface area contributed by atoms with Crippen molar-refractivity contribution in [1.29, 1.82) is 0 Å². The molecule has 124 valence electrons. The van der Waals surface area contributed by atoms with E-state index in [0.717, 1.165) is 38.9 Å². The number of hydrogen-bond donors (Lipinski definition) is 0. The van der Waals surface area contributed by atoms with Crippen molar-refractivity contribution in [2.75, 3.05) is 20.2 Å². The minimum atomic E-state index is 0.655. The third-order valence-electron chi connectivity index (χ3n) is 3.44. The van der Waals surface area contributed by atoms with Crippen molar-refractivity contribution in [2.24, 2.45) is 0 Å². The second-order valence-corrected chi connectivity index (χ2v) is 7.88. The van der Waals surface area contributed by atoms with Gasteiger partial charge in [0.25, 0.3) is 0 Å². The van der Waals surface area contributed by atoms with Crippen LogP contribution in [0.4, 0.5) is 0 Å². The highest BCUT2D eigenvalue weighted by Gasteiger charge is 2.06. The van der Waals surface area contributed by atoms with E-state index in [1.165, 1.54) is 0 Å². The normalized spacial score (nSPS) is 11.0. The molecule has 0 aliphatic heterocycles. The SMILES string of the molecule is CN(CCOc1ccccc1)Cc1cnc(-c2ccc(Br)s2)nc1. The topological polar surface area (TPSA) is 38.2 Å². The number of benzene rings is 1. The van der Waals surface area contributed by atoms with Gasteiger partial charge < -0.3 is 4.74 Å². The molecule has 0 N–H and O–H groups in total. The van der Waals surface area contributed by atoms with E-state index in [9.17, 15) is 0 Å². The van der Waals surface area contributed by atoms with Gasteiger partial charge in [0, 0.05) is 31.0 Å². The molecule has 0 saturated carbocycles. The summed E-state index contributed by atoms with van der Waals surface area (Å²) in [6.45, 7) is 2.30. The lowest BCUT2D eigenvalue weighted by atomic mass is 10.3. The van der Waals surface area contributed by atoms with E-state index < -0.39 is 0 Å². The van der Waals surface area contributed by atoms with Gasteiger partial charge in [0.15, 0.2) is 5.82 Å². The van der Waals surface area contributed by atoms with Crippen molar-refractivity contribution in [3.8, 4) is 16.5 Å². The van der Waals surface area contributed by atoms with Crippen LogP contribution in [0.3, 0.4) is 0 Å². The van der Waals surface area contributed by atoms with Gasteiger partial charge in [-0.1, -0.05) is 18.2 Å². The van der Waals surface area contributed by atoms with Gasteiger partial charge in [0.05, 0.1) is 8.66 Å². The maximum Gasteiger partial charge on any atom is 0.169 e. The summed E-state index contributed by atoms with van der Waals surface area (Å²) in [6, 6.07) is 13.9. The first-order valence-corrected chi connectivity index (χ1v) is 9.25. The minimum absolute atomic E-state index is 0.655. The van der Waals surface area contributed by atoms with Gasteiger partial charge in [-0.15, -0.1) is 11.3 Å². The van der Waals surface area contributed by atoms with E-state index in [1.807, 2.05) is 54.9 Å². The van der Waals surface area contributed by atoms with Crippen molar-refractivity contribution in [3.63, 3.8) is 0 Å². The van der Waals surface area contributed by atoms with Gasteiger partial charge in [-0.05, 0) is 47.2 Å². The molecule has 6 heteroatoms. The Balaban J connectivity index is 1.48. The molecule has 0 unspecified atom stereocenters. The number of rotatable bonds is 7. The fourth-order valence-corrected chi connectivity index (χ4v) is 3.56. The average molecular weight is 404 g/mol. The molecule has 0 amide bonds. The number of para-hydroxylation sites is 1. The molecule has 0 aliphatic carbocycles. The standard InChI is InChI=1S/C18H18BrN3OS/c1-22(9-10-23-15-5-3-2-4-6-15)13-14-11-20-18(21-12-14)16-7-8-17(19)24-16/h2-8,11-12H,9-10,13H2,1H3. The van der Waals surface area contributed by atoms with E-state index in [2.05, 4.69) is 37.8 Å². The third kappa shape index (κ3) is 4.87. The summed E-state index contributed by atoms with van der Waals surface area (Å²) in [7, 11) is 2.07. The molecular weight excluding hydrogens is 386 g/mol. The lowest BCUT2D eigenvalue weighted by Gasteiger charge is -2.16. The van der Waals surface area contributed by atoms with Gasteiger partial charge in [0.2, 0.25) is 0 Å². The second kappa shape index (κ2) is 8.37. The molecule has 3 rings (SSSR count). The Hall–Kier alpha value is -1.76. The second-order valence-electron chi connectivity index (χ2n) is 5.42. The van der Waals surface area contributed by atoms with Crippen LogP contribution in [0.25, 0.3) is 10.7 Å². The summed E-state index contributed by atoms with van der Waals surface area (Å²) in [4.78, 5) is 12.2. The zero-order valence-electron chi connectivity index (χ0n) is 13.4. The van der Waals surface area contributed by atoms with Crippen LogP contribution >= 0.6 is 27.3 Å². The highest BCUT2D eigenvalue weighted by atomic mass is 79.9. The van der Waals surface area contributed by atoms with Gasteiger partial charge in [-0.3, -0.25) is 4.90 Å². The largest absolute Gasteiger partial charge is 0.492 e. The molecule has 3 aromatic rings. The van der Waals surface area contributed by atoms with Gasteiger partial charge in [-0.2, -0.15) is 0 Å². The number of hydrogen-bond acceptors (Lipinski definition) is 5. The Bertz CT molecular complexity index is 761. The van der Waals surface area contributed by atoms with Gasteiger partial charge in [0.1, 0.15) is 12.4 Å². The monoisotopic (exact) mass is 403 g/mol. The number of thiophene rings is 1. The third-order valence-corrected chi connectivity index (χ3v) is 5.06. The molecule has 0 spiro atoms. The number of nitrogens with zero attached hydrogens (tertiary/aromatic N) is 3. The smallest absolute Gasteiger partial charge is 0.169 e. The molecular formula is C18H18BrN3OS. The highest BCUT2D eigenvalue weighted by Crippen LogP contribution is 2.28. The van der Waals surface area contributed by atoms with Crippen LogP contribution in [-0.2, 0) is 6.54 Å². The number of aromatic nitrogens is 2. The van der Waals surface area contributed by atoms with E-state index >= 15 is 0 Å². The van der Waals surface area contributed by atoms with Crippen molar-refractivity contribution in [2.45, 2.75) is 6.54 Å². The Morgan fingerprint density at radius 3 is 2.50 bits per heavy atom. The molecule has 2 heterocycles. The minimum Gasteiger partial charge on any atom is -0.492 e. The van der Waals surface area contributed by atoms with Crippen LogP contribution in [0, 0.1) is 0 Å². The molecule has 0 radical (unpaired) electrons. The quantitative estimate of drug-likeness (QED) is 0.582. The zero-order chi connectivity index (χ0) is 16.8. The van der Waals surface area contributed by atoms with Crippen molar-refractivity contribution < 1.29 is 4.74 Å². The first-order chi connectivity index (χ1) is 11.7. The van der Waals surface area contributed by atoms with Crippen molar-refractivity contribution in [1.82, 2.24) is 14.9 Å². The fraction of sp³-hybridized carbons (Fsp3) is 0.222. The molecule has 0 bridgehead atoms. The summed E-state index contributed by atoms with van der Waals surface area (Å²) >= 11 is 5.10. The molecule has 0 aliphatic rings. The summed E-state index contributed by atoms with van der Waals surface area (Å²) in [5.74, 6) is 1.67. The molecule has 0 fully saturated rings. The summed E-state index contributed by atoms with van der Waals surface area (Å²) in [5.41, 5.74) is 1.09. The van der Waals surface area contributed by atoms with Crippen molar-refractivity contribution >= 4 is 27.3 Å². The van der Waals surface area contributed by atoms with Gasteiger partial charge >= 0.3 is 0 Å². The van der Waals surface area contributed by atoms with Crippen LogP contribution in [0.1, 0.15) is 5.56 Å². The van der Waals surface area contributed by atoms with Crippen LogP contribution in [0.5, 0.6) is 5.75 Å². The number of ether oxygens (including phenoxy) is 1. The first-order valence-electron chi connectivity index (χ1n) is 7.64. The molecule has 4 nitrogen and oxygen atoms in total. The van der Waals surface area contributed by atoms with Crippen LogP contribution in [0.15, 0.2) is 58.6 Å². The Morgan fingerprint density at radius 2 is 1.83 bits per heavy atom. The molecule has 1 aromatic carbocycles. The van der Waals surface area contributed by atoms with Crippen LogP contribution in [-0.4, -0.2) is 35.1 Å².